The normalized spacial score (nSPS) is 15.0. The number of carbonyl (C=O) groups is 1. The molecular formula is C19H21N5O3. The fraction of sp³-hybridized carbons (Fsp3) is 0.368. The van der Waals surface area contributed by atoms with Crippen molar-refractivity contribution in [3.05, 3.63) is 58.4 Å². The Morgan fingerprint density at radius 1 is 1.30 bits per heavy atom. The van der Waals surface area contributed by atoms with E-state index in [4.69, 9.17) is 0 Å². The molecule has 4 rings (SSSR count). The highest BCUT2D eigenvalue weighted by molar-refractivity contribution is 5.79. The Morgan fingerprint density at radius 2 is 2.11 bits per heavy atom. The van der Waals surface area contributed by atoms with Gasteiger partial charge in [-0.1, -0.05) is 19.1 Å². The van der Waals surface area contributed by atoms with Gasteiger partial charge in [-0.05, 0) is 24.6 Å². The first-order valence-corrected chi connectivity index (χ1v) is 9.03. The largest absolute Gasteiger partial charge is 0.387 e. The zero-order chi connectivity index (χ0) is 19.0. The van der Waals surface area contributed by atoms with Crippen LogP contribution in [0.4, 0.5) is 0 Å². The fourth-order valence-corrected chi connectivity index (χ4v) is 3.34. The van der Waals surface area contributed by atoms with Crippen molar-refractivity contribution in [2.75, 3.05) is 6.54 Å². The Morgan fingerprint density at radius 3 is 2.93 bits per heavy atom. The Kier molecular flexibility index (Phi) is 4.49. The number of hydrogen-bond acceptors (Lipinski definition) is 5. The maximum Gasteiger partial charge on any atom is 0.261 e. The molecule has 1 unspecified atom stereocenters. The molecule has 1 aliphatic rings. The van der Waals surface area contributed by atoms with Crippen molar-refractivity contribution in [3.63, 3.8) is 0 Å². The number of aliphatic hydroxyl groups is 1. The van der Waals surface area contributed by atoms with Crippen LogP contribution in [0.5, 0.6) is 0 Å². The number of rotatable bonds is 4. The molecule has 0 bridgehead atoms. The maximum absolute atomic E-state index is 12.7. The van der Waals surface area contributed by atoms with E-state index < -0.39 is 6.10 Å². The molecule has 0 saturated carbocycles. The van der Waals surface area contributed by atoms with Gasteiger partial charge in [0.2, 0.25) is 5.91 Å². The van der Waals surface area contributed by atoms with Crippen LogP contribution in [0.2, 0.25) is 0 Å². The highest BCUT2D eigenvalue weighted by Crippen LogP contribution is 2.20. The van der Waals surface area contributed by atoms with E-state index in [1.165, 1.54) is 10.9 Å². The van der Waals surface area contributed by atoms with E-state index >= 15 is 0 Å². The van der Waals surface area contributed by atoms with E-state index in [0.29, 0.717) is 42.7 Å². The zero-order valence-electron chi connectivity index (χ0n) is 15.1. The first-order chi connectivity index (χ1) is 13.1. The molecule has 27 heavy (non-hydrogen) atoms. The topological polar surface area (TPSA) is 93.2 Å². The first-order valence-electron chi connectivity index (χ1n) is 9.03. The summed E-state index contributed by atoms with van der Waals surface area (Å²) in [5, 5.41) is 14.9. The van der Waals surface area contributed by atoms with Crippen molar-refractivity contribution in [1.29, 1.82) is 0 Å². The monoisotopic (exact) mass is 367 g/mol. The van der Waals surface area contributed by atoms with Crippen LogP contribution in [-0.4, -0.2) is 41.8 Å². The van der Waals surface area contributed by atoms with Gasteiger partial charge in [-0.2, -0.15) is 5.10 Å². The number of hydrogen-bond donors (Lipinski definition) is 1. The Hall–Kier alpha value is -3.00. The summed E-state index contributed by atoms with van der Waals surface area (Å²) in [5.41, 5.74) is 1.93. The van der Waals surface area contributed by atoms with E-state index in [1.807, 2.05) is 23.7 Å². The predicted octanol–water partition coefficient (Wildman–Crippen LogP) is 1.08. The minimum Gasteiger partial charge on any atom is -0.387 e. The second kappa shape index (κ2) is 6.96. The van der Waals surface area contributed by atoms with Gasteiger partial charge in [0.25, 0.3) is 5.56 Å². The summed E-state index contributed by atoms with van der Waals surface area (Å²) in [6.45, 7) is 3.36. The summed E-state index contributed by atoms with van der Waals surface area (Å²) in [4.78, 5) is 31.3. The quantitative estimate of drug-likeness (QED) is 0.745. The van der Waals surface area contributed by atoms with Gasteiger partial charge in [0, 0.05) is 6.54 Å². The molecule has 1 aromatic carbocycles. The summed E-state index contributed by atoms with van der Waals surface area (Å²) < 4.78 is 3.19. The fourth-order valence-electron chi connectivity index (χ4n) is 3.34. The lowest BCUT2D eigenvalue weighted by molar-refractivity contribution is -0.133. The van der Waals surface area contributed by atoms with Crippen LogP contribution in [0.15, 0.2) is 41.5 Å². The number of amides is 1. The zero-order valence-corrected chi connectivity index (χ0v) is 15.1. The molecule has 3 heterocycles. The van der Waals surface area contributed by atoms with Crippen LogP contribution in [0.1, 0.15) is 30.8 Å². The third kappa shape index (κ3) is 3.23. The minimum atomic E-state index is -0.588. The molecule has 140 valence electrons. The number of aromatic nitrogens is 4. The highest BCUT2D eigenvalue weighted by Gasteiger charge is 2.24. The molecule has 0 radical (unpaired) electrons. The van der Waals surface area contributed by atoms with Gasteiger partial charge >= 0.3 is 0 Å². The SMILES string of the molecule is CCC(O)c1cc2n(n1)CCN(C(=O)Cn1cnc3ccccc3c1=O)C2. The average molecular weight is 367 g/mol. The van der Waals surface area contributed by atoms with Crippen molar-refractivity contribution in [1.82, 2.24) is 24.2 Å². The van der Waals surface area contributed by atoms with Crippen LogP contribution < -0.4 is 5.56 Å². The highest BCUT2D eigenvalue weighted by atomic mass is 16.3. The minimum absolute atomic E-state index is 0.0464. The third-order valence-corrected chi connectivity index (χ3v) is 4.93. The second-order valence-corrected chi connectivity index (χ2v) is 6.72. The summed E-state index contributed by atoms with van der Waals surface area (Å²) in [6.07, 6.45) is 1.43. The van der Waals surface area contributed by atoms with Crippen LogP contribution in [0.3, 0.4) is 0 Å². The van der Waals surface area contributed by atoms with Gasteiger partial charge in [-0.25, -0.2) is 4.98 Å². The predicted molar refractivity (Wildman–Crippen MR) is 98.9 cm³/mol. The lowest BCUT2D eigenvalue weighted by Crippen LogP contribution is -2.41. The van der Waals surface area contributed by atoms with Crippen molar-refractivity contribution in [2.24, 2.45) is 0 Å². The molecule has 0 fully saturated rings. The Labute approximate surface area is 155 Å². The van der Waals surface area contributed by atoms with E-state index in [-0.39, 0.29) is 18.0 Å². The average Bonchev–Trinajstić information content (AvgIpc) is 3.13. The molecule has 8 heteroatoms. The molecule has 3 aromatic rings. The summed E-state index contributed by atoms with van der Waals surface area (Å²) >= 11 is 0. The Bertz CT molecular complexity index is 1050. The Balaban J connectivity index is 1.52. The number of fused-ring (bicyclic) bond motifs is 2. The molecule has 8 nitrogen and oxygen atoms in total. The number of aliphatic hydroxyl groups excluding tert-OH is 1. The molecule has 0 aliphatic carbocycles. The molecule has 1 aliphatic heterocycles. The number of para-hydroxylation sites is 1. The van der Waals surface area contributed by atoms with Gasteiger partial charge in [-0.15, -0.1) is 0 Å². The van der Waals surface area contributed by atoms with E-state index in [0.717, 1.165) is 5.69 Å². The van der Waals surface area contributed by atoms with Crippen molar-refractivity contribution < 1.29 is 9.90 Å². The number of carbonyl (C=O) groups excluding carboxylic acids is 1. The van der Waals surface area contributed by atoms with Gasteiger partial charge in [0.1, 0.15) is 6.54 Å². The molecular weight excluding hydrogens is 346 g/mol. The number of nitrogens with zero attached hydrogens (tertiary/aromatic N) is 5. The number of benzene rings is 1. The lowest BCUT2D eigenvalue weighted by atomic mass is 10.2. The smallest absolute Gasteiger partial charge is 0.261 e. The van der Waals surface area contributed by atoms with Crippen LogP contribution >= 0.6 is 0 Å². The standard InChI is InChI=1S/C19H21N5O3/c1-2-17(25)16-9-13-10-22(7-8-24(13)21-16)18(26)11-23-12-20-15-6-4-3-5-14(15)19(23)27/h3-6,9,12,17,25H,2,7-8,10-11H2,1H3. The third-order valence-electron chi connectivity index (χ3n) is 4.93. The molecule has 0 spiro atoms. The van der Waals surface area contributed by atoms with Gasteiger partial charge in [0.15, 0.2) is 0 Å². The molecule has 2 aromatic heterocycles. The van der Waals surface area contributed by atoms with E-state index in [1.54, 1.807) is 23.1 Å². The van der Waals surface area contributed by atoms with Crippen LogP contribution in [0.25, 0.3) is 10.9 Å². The first kappa shape index (κ1) is 17.4. The van der Waals surface area contributed by atoms with Crippen LogP contribution in [-0.2, 0) is 24.4 Å². The molecule has 1 atom stereocenters. The summed E-state index contributed by atoms with van der Waals surface area (Å²) in [5.74, 6) is -0.140. The lowest BCUT2D eigenvalue weighted by Gasteiger charge is -2.27. The molecule has 0 saturated heterocycles. The van der Waals surface area contributed by atoms with Crippen molar-refractivity contribution in [2.45, 2.75) is 39.1 Å². The van der Waals surface area contributed by atoms with Gasteiger partial charge in [-0.3, -0.25) is 18.8 Å². The summed E-state index contributed by atoms with van der Waals surface area (Å²) in [7, 11) is 0. The molecule has 1 amide bonds. The van der Waals surface area contributed by atoms with Gasteiger partial charge in [0.05, 0.1) is 47.8 Å². The molecule has 1 N–H and O–H groups in total. The summed E-state index contributed by atoms with van der Waals surface area (Å²) in [6, 6.07) is 8.94. The second-order valence-electron chi connectivity index (χ2n) is 6.72. The maximum atomic E-state index is 12.7. The van der Waals surface area contributed by atoms with E-state index in [9.17, 15) is 14.7 Å². The van der Waals surface area contributed by atoms with Crippen molar-refractivity contribution >= 4 is 16.8 Å². The van der Waals surface area contributed by atoms with Gasteiger partial charge < -0.3 is 10.0 Å². The van der Waals surface area contributed by atoms with Crippen LogP contribution in [0, 0.1) is 0 Å². The van der Waals surface area contributed by atoms with Crippen molar-refractivity contribution in [3.8, 4) is 0 Å². The van der Waals surface area contributed by atoms with E-state index in [2.05, 4.69) is 10.1 Å².